The van der Waals surface area contributed by atoms with E-state index in [1.807, 2.05) is 18.5 Å². The number of aromatic nitrogens is 3. The molecule has 3 heteroatoms. The topological polar surface area (TPSA) is 22.2 Å². The number of benzene rings is 6. The summed E-state index contributed by atoms with van der Waals surface area (Å²) in [7, 11) is 0. The molecule has 0 bridgehead atoms. The zero-order valence-electron chi connectivity index (χ0n) is 28.2. The van der Waals surface area contributed by atoms with Crippen molar-refractivity contribution in [1.29, 1.82) is 0 Å². The molecule has 6 aromatic carbocycles. The van der Waals surface area contributed by atoms with Crippen molar-refractivity contribution in [3.8, 4) is 16.8 Å². The van der Waals surface area contributed by atoms with Gasteiger partial charge in [0.25, 0.3) is 0 Å². The Kier molecular flexibility index (Phi) is 6.55. The summed E-state index contributed by atoms with van der Waals surface area (Å²) in [6, 6.07) is 50.4. The van der Waals surface area contributed by atoms with Crippen LogP contribution in [0.25, 0.3) is 87.9 Å². The molecule has 0 N–H and O–H groups in total. The van der Waals surface area contributed by atoms with E-state index in [2.05, 4.69) is 179 Å². The highest BCUT2D eigenvalue weighted by atomic mass is 15.0. The van der Waals surface area contributed by atoms with Crippen LogP contribution in [0.1, 0.15) is 18.1 Å². The molecule has 0 unspecified atom stereocenters. The molecule has 51 heavy (non-hydrogen) atoms. The maximum atomic E-state index is 4.66. The van der Waals surface area contributed by atoms with Crippen molar-refractivity contribution >= 4 is 71.0 Å². The average Bonchev–Trinajstić information content (AvgIpc) is 3.83. The van der Waals surface area contributed by atoms with Crippen LogP contribution < -0.4 is 0 Å². The molecule has 10 aromatic rings. The zero-order valence-corrected chi connectivity index (χ0v) is 28.2. The first-order valence-electron chi connectivity index (χ1n) is 17.4. The lowest BCUT2D eigenvalue weighted by molar-refractivity contribution is 1.18. The van der Waals surface area contributed by atoms with Crippen LogP contribution in [0.3, 0.4) is 0 Å². The Balaban J connectivity index is 1.00. The van der Waals surface area contributed by atoms with E-state index >= 15 is 0 Å². The molecular weight excluding hydrogens is 619 g/mol. The van der Waals surface area contributed by atoms with Crippen LogP contribution in [-0.4, -0.2) is 14.0 Å². The highest BCUT2D eigenvalue weighted by molar-refractivity contribution is 6.24. The first kappa shape index (κ1) is 29.2. The molecule has 0 aliphatic carbocycles. The van der Waals surface area contributed by atoms with Gasteiger partial charge < -0.3 is 8.97 Å². The molecule has 0 aliphatic rings. The molecule has 0 saturated carbocycles. The maximum Gasteiger partial charge on any atom is 0.0620 e. The molecule has 0 fully saturated rings. The van der Waals surface area contributed by atoms with Gasteiger partial charge in [-0.1, -0.05) is 110 Å². The van der Waals surface area contributed by atoms with E-state index in [9.17, 15) is 0 Å². The Hall–Kier alpha value is -6.71. The van der Waals surface area contributed by atoms with Crippen LogP contribution in [-0.2, 0) is 0 Å². The number of rotatable bonds is 6. The standard InChI is InChI=1S/C48H33N3/c1-3-32(34-27-42-40-14-6-10-18-46(40)51-47-19-11-7-15-41(47)43(28-34)48(42)51)21-20-31(2)35-26-36(30-49-29-35)33-22-24-37(25-23-33)50-44-16-8-4-12-38(44)39-13-5-9-17-45(39)50/h3-30H,1H2,2H3/b31-20+,32-21+. The lowest BCUT2D eigenvalue weighted by Crippen LogP contribution is -1.93. The summed E-state index contributed by atoms with van der Waals surface area (Å²) in [6.07, 6.45) is 10.2. The first-order valence-corrected chi connectivity index (χ1v) is 17.4. The van der Waals surface area contributed by atoms with E-state index < -0.39 is 0 Å². The van der Waals surface area contributed by atoms with Gasteiger partial charge in [0.1, 0.15) is 0 Å². The lowest BCUT2D eigenvalue weighted by atomic mass is 9.98. The number of fused-ring (bicyclic) bond motifs is 9. The predicted octanol–water partition coefficient (Wildman–Crippen LogP) is 12.7. The molecule has 10 rings (SSSR count). The summed E-state index contributed by atoms with van der Waals surface area (Å²) in [5.41, 5.74) is 14.0. The van der Waals surface area contributed by atoms with Gasteiger partial charge in [0, 0.05) is 56.0 Å². The molecule has 0 atom stereocenters. The first-order chi connectivity index (χ1) is 25.2. The quantitative estimate of drug-likeness (QED) is 0.164. The summed E-state index contributed by atoms with van der Waals surface area (Å²) in [5.74, 6) is 0. The minimum absolute atomic E-state index is 1.08. The van der Waals surface area contributed by atoms with Gasteiger partial charge in [-0.15, -0.1) is 0 Å². The summed E-state index contributed by atoms with van der Waals surface area (Å²) in [4.78, 5) is 4.66. The van der Waals surface area contributed by atoms with Gasteiger partial charge in [-0.25, -0.2) is 0 Å². The van der Waals surface area contributed by atoms with Gasteiger partial charge in [0.2, 0.25) is 0 Å². The second-order valence-corrected chi connectivity index (χ2v) is 13.3. The SMILES string of the molecule is C=C/C(=C\C=C(/C)c1cncc(-c2ccc(-n3c4ccccc4c4ccccc43)cc2)c1)c1cc2c3ccccc3n3c4ccccc4c(c1)c23. The summed E-state index contributed by atoms with van der Waals surface area (Å²) < 4.78 is 4.76. The summed E-state index contributed by atoms with van der Waals surface area (Å²) >= 11 is 0. The van der Waals surface area contributed by atoms with Crippen LogP contribution >= 0.6 is 0 Å². The van der Waals surface area contributed by atoms with E-state index in [0.717, 1.165) is 39.1 Å². The third-order valence-corrected chi connectivity index (χ3v) is 10.5. The fourth-order valence-electron chi connectivity index (χ4n) is 8.03. The average molecular weight is 652 g/mol. The second-order valence-electron chi connectivity index (χ2n) is 13.3. The third kappa shape index (κ3) is 4.48. The molecule has 240 valence electrons. The highest BCUT2D eigenvalue weighted by Crippen LogP contribution is 2.41. The van der Waals surface area contributed by atoms with Gasteiger partial charge in [0.15, 0.2) is 0 Å². The number of hydrogen-bond acceptors (Lipinski definition) is 1. The van der Waals surface area contributed by atoms with Gasteiger partial charge in [-0.2, -0.15) is 0 Å². The fourth-order valence-corrected chi connectivity index (χ4v) is 8.03. The van der Waals surface area contributed by atoms with Crippen molar-refractivity contribution in [3.63, 3.8) is 0 Å². The highest BCUT2D eigenvalue weighted by Gasteiger charge is 2.18. The van der Waals surface area contributed by atoms with Crippen LogP contribution in [0, 0.1) is 0 Å². The third-order valence-electron chi connectivity index (χ3n) is 10.5. The Morgan fingerprint density at radius 3 is 1.63 bits per heavy atom. The maximum absolute atomic E-state index is 4.66. The van der Waals surface area contributed by atoms with Crippen LogP contribution in [0.4, 0.5) is 0 Å². The van der Waals surface area contributed by atoms with E-state index in [1.54, 1.807) is 0 Å². The number of nitrogens with zero attached hydrogens (tertiary/aromatic N) is 3. The zero-order chi connectivity index (χ0) is 34.1. The van der Waals surface area contributed by atoms with Gasteiger partial charge in [-0.05, 0) is 89.4 Å². The summed E-state index contributed by atoms with van der Waals surface area (Å²) in [6.45, 7) is 6.38. The van der Waals surface area contributed by atoms with Crippen molar-refractivity contribution in [1.82, 2.24) is 14.0 Å². The van der Waals surface area contributed by atoms with Crippen molar-refractivity contribution in [2.75, 3.05) is 0 Å². The van der Waals surface area contributed by atoms with E-state index in [4.69, 9.17) is 0 Å². The molecule has 3 nitrogen and oxygen atoms in total. The molecular formula is C48H33N3. The van der Waals surface area contributed by atoms with E-state index in [0.29, 0.717) is 0 Å². The Morgan fingerprint density at radius 1 is 0.529 bits per heavy atom. The molecule has 0 radical (unpaired) electrons. The van der Waals surface area contributed by atoms with Crippen molar-refractivity contribution < 1.29 is 0 Å². The Bertz CT molecular complexity index is 2900. The van der Waals surface area contributed by atoms with Crippen molar-refractivity contribution in [2.45, 2.75) is 6.92 Å². The number of para-hydroxylation sites is 4. The molecule has 0 saturated heterocycles. The van der Waals surface area contributed by atoms with Crippen LogP contribution in [0.2, 0.25) is 0 Å². The van der Waals surface area contributed by atoms with E-state index in [-0.39, 0.29) is 0 Å². The molecule has 4 heterocycles. The van der Waals surface area contributed by atoms with E-state index in [1.165, 1.54) is 59.9 Å². The van der Waals surface area contributed by atoms with Crippen LogP contribution in [0.15, 0.2) is 177 Å². The second kappa shape index (κ2) is 11.4. The molecule has 0 amide bonds. The van der Waals surface area contributed by atoms with Gasteiger partial charge in [-0.3, -0.25) is 4.98 Å². The largest absolute Gasteiger partial charge is 0.309 e. The van der Waals surface area contributed by atoms with Crippen LogP contribution in [0.5, 0.6) is 0 Å². The smallest absolute Gasteiger partial charge is 0.0620 e. The monoisotopic (exact) mass is 651 g/mol. The number of allylic oxidation sites excluding steroid dienone is 5. The number of pyridine rings is 1. The minimum Gasteiger partial charge on any atom is -0.309 e. The van der Waals surface area contributed by atoms with Gasteiger partial charge >= 0.3 is 0 Å². The van der Waals surface area contributed by atoms with Crippen molar-refractivity contribution in [2.24, 2.45) is 0 Å². The summed E-state index contributed by atoms with van der Waals surface area (Å²) in [5, 5.41) is 7.61. The Morgan fingerprint density at radius 2 is 1.06 bits per heavy atom. The predicted molar refractivity (Wildman–Crippen MR) is 217 cm³/mol. The lowest BCUT2D eigenvalue weighted by Gasteiger charge is -2.10. The van der Waals surface area contributed by atoms with Crippen molar-refractivity contribution in [3.05, 3.63) is 188 Å². The minimum atomic E-state index is 1.08. The fraction of sp³-hybridized carbons (Fsp3) is 0.0208. The molecule has 0 aliphatic heterocycles. The molecule has 4 aromatic heterocycles. The normalized spacial score (nSPS) is 12.7. The number of hydrogen-bond donors (Lipinski definition) is 0. The Labute approximate surface area is 295 Å². The van der Waals surface area contributed by atoms with Gasteiger partial charge in [0.05, 0.1) is 27.6 Å². The molecule has 0 spiro atoms.